The van der Waals surface area contributed by atoms with Gasteiger partial charge in [-0.2, -0.15) is 0 Å². The molecule has 1 N–H and O–H groups in total. The highest BCUT2D eigenvalue weighted by Gasteiger charge is 2.32. The van der Waals surface area contributed by atoms with Crippen molar-refractivity contribution in [2.24, 2.45) is 7.05 Å². The molecular formula is C29H28BrClN4O4S. The van der Waals surface area contributed by atoms with Crippen molar-refractivity contribution >= 4 is 49.1 Å². The predicted octanol–water partition coefficient (Wildman–Crippen LogP) is 5.68. The van der Waals surface area contributed by atoms with Crippen LogP contribution in [0.2, 0.25) is 5.02 Å². The van der Waals surface area contributed by atoms with Crippen molar-refractivity contribution in [1.29, 1.82) is 0 Å². The number of anilines is 1. The Balaban J connectivity index is 1.49. The summed E-state index contributed by atoms with van der Waals surface area (Å²) in [6.45, 7) is 4.09. The first kappa shape index (κ1) is 28.2. The molecule has 4 aromatic rings. The number of hydrogen-bond donors (Lipinski definition) is 1. The van der Waals surface area contributed by atoms with Crippen molar-refractivity contribution in [3.8, 4) is 5.69 Å². The van der Waals surface area contributed by atoms with Gasteiger partial charge in [-0.1, -0.05) is 64.8 Å². The largest absolute Gasteiger partial charge is 0.331 e. The average Bonchev–Trinajstić information content (AvgIpc) is 3.15. The average molecular weight is 644 g/mol. The molecule has 2 heterocycles. The second-order valence-corrected chi connectivity index (χ2v) is 12.7. The van der Waals surface area contributed by atoms with E-state index in [0.29, 0.717) is 24.3 Å². The molecule has 11 heteroatoms. The van der Waals surface area contributed by atoms with Gasteiger partial charge in [-0.05, 0) is 67.3 Å². The van der Waals surface area contributed by atoms with E-state index in [1.54, 1.807) is 47.8 Å². The summed E-state index contributed by atoms with van der Waals surface area (Å²) in [4.78, 5) is 28.5. The second kappa shape index (κ2) is 10.9. The number of benzene rings is 3. The molecule has 5 rings (SSSR count). The van der Waals surface area contributed by atoms with E-state index in [0.717, 1.165) is 16.5 Å². The van der Waals surface area contributed by atoms with Crippen LogP contribution in [0.5, 0.6) is 0 Å². The second-order valence-electron chi connectivity index (χ2n) is 9.76. The fourth-order valence-corrected chi connectivity index (χ4v) is 7.34. The minimum absolute atomic E-state index is 0.0454. The zero-order chi connectivity index (χ0) is 28.8. The first-order chi connectivity index (χ1) is 19.0. The number of halogens is 2. The first-order valence-corrected chi connectivity index (χ1v) is 15.4. The lowest BCUT2D eigenvalue weighted by molar-refractivity contribution is 0.0634. The zero-order valence-corrected chi connectivity index (χ0v) is 25.3. The van der Waals surface area contributed by atoms with Gasteiger partial charge in [-0.25, -0.2) is 13.1 Å². The highest BCUT2D eigenvalue weighted by Crippen LogP contribution is 2.32. The highest BCUT2D eigenvalue weighted by molar-refractivity contribution is 9.10. The molecule has 0 fully saturated rings. The van der Waals surface area contributed by atoms with E-state index in [1.807, 2.05) is 31.2 Å². The molecular weight excluding hydrogens is 616 g/mol. The monoisotopic (exact) mass is 642 g/mol. The Hall–Kier alpha value is -3.34. The minimum atomic E-state index is -4.32. The minimum Gasteiger partial charge on any atom is -0.331 e. The molecule has 0 aliphatic carbocycles. The third-order valence-electron chi connectivity index (χ3n) is 7.43. The first-order valence-electron chi connectivity index (χ1n) is 12.8. The fraction of sp³-hybridized carbons (Fsp3) is 0.241. The molecule has 8 nitrogen and oxygen atoms in total. The van der Waals surface area contributed by atoms with Crippen molar-refractivity contribution in [3.63, 3.8) is 0 Å². The Bertz CT molecular complexity index is 1780. The van der Waals surface area contributed by atoms with E-state index in [4.69, 9.17) is 11.6 Å². The van der Waals surface area contributed by atoms with Crippen molar-refractivity contribution in [2.75, 3.05) is 4.72 Å². The number of para-hydroxylation sites is 1. The van der Waals surface area contributed by atoms with Crippen LogP contribution in [0.3, 0.4) is 0 Å². The Morgan fingerprint density at radius 2 is 1.82 bits per heavy atom. The summed E-state index contributed by atoms with van der Waals surface area (Å²) in [6, 6.07) is 19.0. The quantitative estimate of drug-likeness (QED) is 0.293. The van der Waals surface area contributed by atoms with Crippen molar-refractivity contribution < 1.29 is 13.2 Å². The van der Waals surface area contributed by atoms with Crippen LogP contribution >= 0.6 is 27.5 Å². The van der Waals surface area contributed by atoms with E-state index in [2.05, 4.69) is 20.7 Å². The van der Waals surface area contributed by atoms with Gasteiger partial charge in [0.2, 0.25) is 0 Å². The van der Waals surface area contributed by atoms with Crippen LogP contribution in [0.1, 0.15) is 40.5 Å². The van der Waals surface area contributed by atoms with Gasteiger partial charge in [0.25, 0.3) is 21.5 Å². The van der Waals surface area contributed by atoms with E-state index in [1.165, 1.54) is 28.4 Å². The molecule has 0 radical (unpaired) electrons. The third-order valence-corrected chi connectivity index (χ3v) is 10.0. The molecule has 3 aromatic carbocycles. The maximum atomic E-state index is 13.7. The summed E-state index contributed by atoms with van der Waals surface area (Å²) < 4.78 is 33.6. The molecule has 208 valence electrons. The number of nitrogens with zero attached hydrogens (tertiary/aromatic N) is 3. The van der Waals surface area contributed by atoms with Crippen LogP contribution < -0.4 is 10.3 Å². The number of carbonyl (C=O) groups excluding carboxylic acids is 1. The summed E-state index contributed by atoms with van der Waals surface area (Å²) >= 11 is 9.97. The van der Waals surface area contributed by atoms with Gasteiger partial charge in [-0.15, -0.1) is 0 Å². The number of nitrogens with one attached hydrogen (secondary N) is 1. The van der Waals surface area contributed by atoms with E-state index >= 15 is 0 Å². The molecule has 1 aliphatic rings. The molecule has 1 unspecified atom stereocenters. The van der Waals surface area contributed by atoms with Gasteiger partial charge in [-0.3, -0.25) is 19.0 Å². The maximum Gasteiger partial charge on any atom is 0.296 e. The summed E-state index contributed by atoms with van der Waals surface area (Å²) in [5.41, 5.74) is 2.82. The lowest BCUT2D eigenvalue weighted by atomic mass is 9.92. The molecule has 1 aliphatic heterocycles. The molecule has 0 saturated heterocycles. The van der Waals surface area contributed by atoms with Gasteiger partial charge >= 0.3 is 0 Å². The van der Waals surface area contributed by atoms with Crippen LogP contribution in [0.4, 0.5) is 5.69 Å². The lowest BCUT2D eigenvalue weighted by Gasteiger charge is -2.37. The number of aromatic nitrogens is 2. The number of carbonyl (C=O) groups is 1. The van der Waals surface area contributed by atoms with Crippen molar-refractivity contribution in [2.45, 2.75) is 44.2 Å². The number of sulfonamides is 1. The SMILES string of the molecule is CCC1Cc2c(Br)cccc2CN1C(=O)c1ccc(Cl)c(S(=O)(=O)Nc2c(C)n(C)n(-c3ccccc3)c2=O)c1. The van der Waals surface area contributed by atoms with E-state index in [9.17, 15) is 18.0 Å². The standard InChI is InChI=1S/C29H28BrClN4O4S/c1-4-21-16-23-20(9-8-12-24(23)30)17-34(21)28(36)19-13-14-25(31)26(15-19)40(38,39)32-27-18(2)33(3)35(29(27)37)22-10-6-5-7-11-22/h5-15,21,32H,4,16-17H2,1-3H3. The van der Waals surface area contributed by atoms with E-state index in [-0.39, 0.29) is 33.1 Å². The van der Waals surface area contributed by atoms with Gasteiger partial charge in [0.15, 0.2) is 0 Å². The fourth-order valence-electron chi connectivity index (χ4n) is 5.12. The van der Waals surface area contributed by atoms with Crippen LogP contribution in [0.15, 0.2) is 80.9 Å². The number of rotatable bonds is 6. The Labute approximate surface area is 246 Å². The van der Waals surface area contributed by atoms with Gasteiger partial charge in [0, 0.05) is 29.7 Å². The highest BCUT2D eigenvalue weighted by atomic mass is 79.9. The Morgan fingerprint density at radius 3 is 2.52 bits per heavy atom. The summed E-state index contributed by atoms with van der Waals surface area (Å²) in [6.07, 6.45) is 1.44. The van der Waals surface area contributed by atoms with E-state index < -0.39 is 15.6 Å². The molecule has 40 heavy (non-hydrogen) atoms. The molecule has 1 atom stereocenters. The van der Waals surface area contributed by atoms with Crippen molar-refractivity contribution in [1.82, 2.24) is 14.3 Å². The number of amides is 1. The molecule has 1 amide bonds. The Kier molecular flexibility index (Phi) is 7.69. The topological polar surface area (TPSA) is 93.4 Å². The smallest absolute Gasteiger partial charge is 0.296 e. The van der Waals surface area contributed by atoms with Crippen LogP contribution in [-0.4, -0.2) is 34.6 Å². The van der Waals surface area contributed by atoms with Crippen LogP contribution in [-0.2, 0) is 30.0 Å². The maximum absolute atomic E-state index is 13.7. The van der Waals surface area contributed by atoms with Crippen LogP contribution in [0, 0.1) is 6.92 Å². The summed E-state index contributed by atoms with van der Waals surface area (Å²) in [7, 11) is -2.65. The Morgan fingerprint density at radius 1 is 1.10 bits per heavy atom. The third kappa shape index (κ3) is 5.00. The van der Waals surface area contributed by atoms with Gasteiger partial charge in [0.05, 0.1) is 16.4 Å². The molecule has 0 spiro atoms. The van der Waals surface area contributed by atoms with Crippen molar-refractivity contribution in [3.05, 3.63) is 109 Å². The summed E-state index contributed by atoms with van der Waals surface area (Å²) in [5.74, 6) is -0.284. The number of fused-ring (bicyclic) bond motifs is 1. The predicted molar refractivity (Wildman–Crippen MR) is 160 cm³/mol. The van der Waals surface area contributed by atoms with Gasteiger partial charge < -0.3 is 4.90 Å². The molecule has 0 saturated carbocycles. The number of hydrogen-bond acceptors (Lipinski definition) is 4. The molecule has 1 aromatic heterocycles. The normalized spacial score (nSPS) is 15.1. The van der Waals surface area contributed by atoms with Crippen LogP contribution in [0.25, 0.3) is 5.69 Å². The molecule has 0 bridgehead atoms. The summed E-state index contributed by atoms with van der Waals surface area (Å²) in [5, 5.41) is -0.0546. The zero-order valence-electron chi connectivity index (χ0n) is 22.2. The lowest BCUT2D eigenvalue weighted by Crippen LogP contribution is -2.44. The van der Waals surface area contributed by atoms with Gasteiger partial charge in [0.1, 0.15) is 10.6 Å².